The molecule has 0 atom stereocenters. The zero-order valence-electron chi connectivity index (χ0n) is 12.6. The van der Waals surface area contributed by atoms with E-state index in [1.54, 1.807) is 12.1 Å². The number of hydrogen-bond donors (Lipinski definition) is 1. The van der Waals surface area contributed by atoms with Gasteiger partial charge >= 0.3 is 25.7 Å². The van der Waals surface area contributed by atoms with Crippen molar-refractivity contribution in [1.29, 1.82) is 0 Å². The van der Waals surface area contributed by atoms with Crippen LogP contribution in [-0.2, 0) is 24.4 Å². The summed E-state index contributed by atoms with van der Waals surface area (Å²) < 4.78 is 57.4. The van der Waals surface area contributed by atoms with Crippen molar-refractivity contribution in [2.75, 3.05) is 12.4 Å². The zero-order valence-corrected chi connectivity index (χ0v) is 14.2. The van der Waals surface area contributed by atoms with Crippen molar-refractivity contribution in [1.82, 2.24) is 0 Å². The molecular weight excluding hydrogens is 337 g/mol. The fourth-order valence-corrected chi connectivity index (χ4v) is 3.50. The van der Waals surface area contributed by atoms with E-state index in [-0.39, 0.29) is 4.90 Å². The first kappa shape index (κ1) is 19.6. The molecule has 0 spiro atoms. The Labute approximate surface area is 138 Å². The first-order valence-corrected chi connectivity index (χ1v) is 9.55. The topological polar surface area (TPSA) is 97.7 Å². The molecule has 23 heavy (non-hydrogen) atoms. The van der Waals surface area contributed by atoms with Crippen LogP contribution in [0.2, 0.25) is 0 Å². The summed E-state index contributed by atoms with van der Waals surface area (Å²) in [5.41, 5.74) is 1.03. The monoisotopic (exact) mass is 353 g/mol. The molecule has 122 valence electrons. The molecule has 1 N–H and O–H groups in total. The second-order valence-electron chi connectivity index (χ2n) is 4.53. The minimum atomic E-state index is -4.63. The van der Waals surface area contributed by atoms with Gasteiger partial charge in [-0.05, 0) is 35.4 Å². The Morgan fingerprint density at radius 3 is 2.39 bits per heavy atom. The second kappa shape index (κ2) is 7.90. The average Bonchev–Trinajstić information content (AvgIpc) is 2.47. The molecule has 0 saturated heterocycles. The van der Waals surface area contributed by atoms with Crippen LogP contribution in [0.15, 0.2) is 41.3 Å². The van der Waals surface area contributed by atoms with Gasteiger partial charge in [0.05, 0.1) is 17.3 Å². The molecule has 0 unspecified atom stereocenters. The summed E-state index contributed by atoms with van der Waals surface area (Å²) in [4.78, 5) is 0.0829. The summed E-state index contributed by atoms with van der Waals surface area (Å²) in [6.07, 6.45) is 3.00. The molecule has 0 aliphatic rings. The van der Waals surface area contributed by atoms with Crippen LogP contribution in [0.1, 0.15) is 5.56 Å². The van der Waals surface area contributed by atoms with E-state index in [0.29, 0.717) is 0 Å². The van der Waals surface area contributed by atoms with Crippen molar-refractivity contribution in [2.45, 2.75) is 11.8 Å². The molecule has 9 heteroatoms. The number of benzene rings is 2. The molecule has 2 aromatic rings. The Morgan fingerprint density at radius 2 is 1.78 bits per heavy atom. The fraction of sp³-hybridized carbons (Fsp3) is 0.214. The maximum absolute atomic E-state index is 12.1. The van der Waals surface area contributed by atoms with Gasteiger partial charge in [0.2, 0.25) is 0 Å². The van der Waals surface area contributed by atoms with Crippen LogP contribution in [0.3, 0.4) is 0 Å². The normalized spacial score (nSPS) is 11.8. The van der Waals surface area contributed by atoms with Crippen LogP contribution in [0.5, 0.6) is 0 Å². The third kappa shape index (κ3) is 5.60. The Balaban J connectivity index is 0.00000127. The number of aryl methyl sites for hydroxylation is 1. The van der Waals surface area contributed by atoms with Crippen LogP contribution >= 0.6 is 0 Å². The second-order valence-corrected chi connectivity index (χ2v) is 7.73. The number of sulfone groups is 1. The molecule has 0 fully saturated rings. The molecule has 0 saturated carbocycles. The van der Waals surface area contributed by atoms with Crippen LogP contribution < -0.4 is 0 Å². The predicted octanol–water partition coefficient (Wildman–Crippen LogP) is 1.33. The summed E-state index contributed by atoms with van der Waals surface area (Å²) in [5, 5.41) is 1.73. The minimum absolute atomic E-state index is 0.0829. The summed E-state index contributed by atoms with van der Waals surface area (Å²) >= 11 is 0. The van der Waals surface area contributed by atoms with Gasteiger partial charge in [-0.3, -0.25) is 4.55 Å². The molecule has 0 aliphatic carbocycles. The third-order valence-corrected chi connectivity index (χ3v) is 5.15. The maximum atomic E-state index is 12.1. The molecule has 2 aromatic carbocycles. The van der Waals surface area contributed by atoms with Crippen molar-refractivity contribution >= 4 is 46.4 Å². The molecule has 0 aliphatic heterocycles. The molecule has 0 aromatic heterocycles. The van der Waals surface area contributed by atoms with E-state index >= 15 is 0 Å². The van der Waals surface area contributed by atoms with Gasteiger partial charge in [-0.2, -0.15) is 8.42 Å². The van der Waals surface area contributed by atoms with Crippen LogP contribution in [0.4, 0.5) is 0 Å². The number of rotatable bonds is 5. The van der Waals surface area contributed by atoms with Crippen LogP contribution in [0.25, 0.3) is 10.8 Å². The molecule has 2 rings (SSSR count). The van der Waals surface area contributed by atoms with Gasteiger partial charge in [-0.25, -0.2) is 12.6 Å². The van der Waals surface area contributed by atoms with Crippen LogP contribution in [0, 0.1) is 6.92 Å². The summed E-state index contributed by atoms with van der Waals surface area (Å²) in [6, 6.07) is 10.3. The van der Waals surface area contributed by atoms with E-state index < -0.39 is 32.6 Å². The molecular formula is C14H16BeO6S2. The fourth-order valence-electron chi connectivity index (χ4n) is 1.98. The van der Waals surface area contributed by atoms with Gasteiger partial charge in [0.15, 0.2) is 9.84 Å². The van der Waals surface area contributed by atoms with Crippen molar-refractivity contribution < 1.29 is 25.6 Å². The van der Waals surface area contributed by atoms with Crippen molar-refractivity contribution in [3.8, 4) is 0 Å². The van der Waals surface area contributed by atoms with E-state index in [0.717, 1.165) is 16.3 Å². The van der Waals surface area contributed by atoms with Gasteiger partial charge in [0, 0.05) is 0 Å². The zero-order chi connectivity index (χ0) is 17.7. The molecule has 0 amide bonds. The van der Waals surface area contributed by atoms with E-state index in [1.165, 1.54) is 12.1 Å². The molecule has 0 bridgehead atoms. The first-order chi connectivity index (χ1) is 10.7. The van der Waals surface area contributed by atoms with Gasteiger partial charge in [0.1, 0.15) is 0 Å². The van der Waals surface area contributed by atoms with Gasteiger partial charge in [-0.1, -0.05) is 24.3 Å². The average molecular weight is 353 g/mol. The van der Waals surface area contributed by atoms with Crippen molar-refractivity contribution in [3.63, 3.8) is 0 Å². The summed E-state index contributed by atoms with van der Waals surface area (Å²) in [7, 11) is -5.32. The SMILES string of the molecule is Cc1cccc2cc(S(=O)(=O)CCOS(=O)(=O)O)ccc12.[Be]=[CH2]. The van der Waals surface area contributed by atoms with Crippen LogP contribution in [-0.4, -0.2) is 49.1 Å². The molecule has 0 radical (unpaired) electrons. The number of hydrogen-bond acceptors (Lipinski definition) is 5. The summed E-state index contributed by atoms with van der Waals surface area (Å²) in [5.74, 6) is -0.538. The first-order valence-electron chi connectivity index (χ1n) is 6.53. The molecule has 0 heterocycles. The standard InChI is InChI=1S/C13H14O6S2.CH2.Be/c1-10-3-2-4-11-9-12(5-6-13(10)11)20(14,15)8-7-19-21(16,17)18;;/h2-6,9H,7-8H2,1H3,(H,16,17,18);1H2;. The van der Waals surface area contributed by atoms with E-state index in [1.807, 2.05) is 19.1 Å². The van der Waals surface area contributed by atoms with E-state index in [2.05, 4.69) is 19.5 Å². The Hall–Kier alpha value is -1.44. The Morgan fingerprint density at radius 1 is 1.13 bits per heavy atom. The van der Waals surface area contributed by atoms with Crippen molar-refractivity contribution in [2.24, 2.45) is 0 Å². The van der Waals surface area contributed by atoms with E-state index in [9.17, 15) is 16.8 Å². The van der Waals surface area contributed by atoms with E-state index in [4.69, 9.17) is 4.55 Å². The van der Waals surface area contributed by atoms with Gasteiger partial charge in [0.25, 0.3) is 0 Å². The molecule has 6 nitrogen and oxygen atoms in total. The Bertz CT molecular complexity index is 891. The summed E-state index contributed by atoms with van der Waals surface area (Å²) in [6.45, 7) is 1.30. The predicted molar refractivity (Wildman–Crippen MR) is 91.1 cm³/mol. The van der Waals surface area contributed by atoms with Gasteiger partial charge < -0.3 is 0 Å². The Kier molecular flexibility index (Phi) is 6.73. The third-order valence-electron chi connectivity index (χ3n) is 3.01. The van der Waals surface area contributed by atoms with Crippen molar-refractivity contribution in [3.05, 3.63) is 42.0 Å². The number of fused-ring (bicyclic) bond motifs is 1. The quantitative estimate of drug-likeness (QED) is 0.643. The van der Waals surface area contributed by atoms with Gasteiger partial charge in [-0.15, -0.1) is 0 Å².